The average molecular weight is 593 g/mol. The summed E-state index contributed by atoms with van der Waals surface area (Å²) >= 11 is 0. The Balaban J connectivity index is 1.33. The molecule has 2 aromatic carbocycles. The Bertz CT molecular complexity index is 1610. The molecule has 0 spiro atoms. The highest BCUT2D eigenvalue weighted by atomic mass is 19.1. The predicted octanol–water partition coefficient (Wildman–Crippen LogP) is 5.62. The molecule has 43 heavy (non-hydrogen) atoms. The van der Waals surface area contributed by atoms with Gasteiger partial charge >= 0.3 is 12.0 Å². The Kier molecular flexibility index (Phi) is 10.4. The van der Waals surface area contributed by atoms with E-state index < -0.39 is 23.6 Å². The lowest BCUT2D eigenvalue weighted by Crippen LogP contribution is -2.23. The summed E-state index contributed by atoms with van der Waals surface area (Å²) in [6, 6.07) is 11.9. The van der Waals surface area contributed by atoms with Crippen molar-refractivity contribution in [1.29, 1.82) is 0 Å². The molecule has 0 saturated heterocycles. The number of carbonyl (C=O) groups excluding carboxylic acids is 2. The van der Waals surface area contributed by atoms with E-state index in [1.54, 1.807) is 24.4 Å². The highest BCUT2D eigenvalue weighted by Crippen LogP contribution is 2.28. The van der Waals surface area contributed by atoms with Crippen molar-refractivity contribution in [2.45, 2.75) is 32.2 Å². The standard InChI is InChI=1S/C30H30F2N6O5/c31-22-7-5-18(16-33)12-25(22)38-30(42)37-24-8-6-20(14-23(24)32)43-21-9-11-34-27(15-21)26-13-19(17-36-26)29(41)35-10-3-1-2-4-28(39)40/h5-9,11-15,17,36H,1-4,10,16,33H2,(H,35,41)(H,39,40)(H2,37,38,42). The van der Waals surface area contributed by atoms with E-state index in [0.29, 0.717) is 54.1 Å². The maximum Gasteiger partial charge on any atom is 0.323 e. The quantitative estimate of drug-likeness (QED) is 0.109. The van der Waals surface area contributed by atoms with E-state index >= 15 is 0 Å². The van der Waals surface area contributed by atoms with Crippen molar-refractivity contribution in [3.8, 4) is 22.9 Å². The molecule has 7 N–H and O–H groups in total. The van der Waals surface area contributed by atoms with Crippen LogP contribution in [-0.2, 0) is 11.3 Å². The first-order valence-corrected chi connectivity index (χ1v) is 13.4. The number of nitrogens with zero attached hydrogens (tertiary/aromatic N) is 1. The fourth-order valence-corrected chi connectivity index (χ4v) is 4.05. The molecule has 13 heteroatoms. The van der Waals surface area contributed by atoms with E-state index in [9.17, 15) is 23.2 Å². The summed E-state index contributed by atoms with van der Waals surface area (Å²) in [6.07, 6.45) is 5.08. The summed E-state index contributed by atoms with van der Waals surface area (Å²) in [5.74, 6) is -2.05. The number of amides is 3. The smallest absolute Gasteiger partial charge is 0.323 e. The molecule has 0 aliphatic rings. The molecule has 0 radical (unpaired) electrons. The van der Waals surface area contributed by atoms with Crippen LogP contribution in [0.4, 0.5) is 25.0 Å². The summed E-state index contributed by atoms with van der Waals surface area (Å²) in [5.41, 5.74) is 7.37. The number of unbranched alkanes of at least 4 members (excludes halogenated alkanes) is 2. The molecule has 0 unspecified atom stereocenters. The molecule has 3 amide bonds. The first-order chi connectivity index (χ1) is 20.7. The van der Waals surface area contributed by atoms with Gasteiger partial charge in [-0.05, 0) is 54.8 Å². The van der Waals surface area contributed by atoms with E-state index in [1.165, 1.54) is 36.5 Å². The Morgan fingerprint density at radius 2 is 1.70 bits per heavy atom. The van der Waals surface area contributed by atoms with Crippen LogP contribution in [0.5, 0.6) is 11.5 Å². The van der Waals surface area contributed by atoms with Gasteiger partial charge in [-0.2, -0.15) is 0 Å². The zero-order valence-electron chi connectivity index (χ0n) is 23.0. The number of carboxylic acid groups (broad SMARTS) is 1. The minimum absolute atomic E-state index is 0.0888. The normalized spacial score (nSPS) is 10.7. The van der Waals surface area contributed by atoms with Crippen molar-refractivity contribution in [2.75, 3.05) is 17.2 Å². The Labute approximate surface area is 245 Å². The number of halogens is 2. The number of carbonyl (C=O) groups is 3. The second kappa shape index (κ2) is 14.5. The SMILES string of the molecule is NCc1ccc(F)c(NC(=O)Nc2ccc(Oc3ccnc(-c4cc(C(=O)NCCCCCC(=O)O)c[nH]4)c3)cc2F)c1. The van der Waals surface area contributed by atoms with Crippen molar-refractivity contribution in [1.82, 2.24) is 15.3 Å². The van der Waals surface area contributed by atoms with Crippen LogP contribution in [0.25, 0.3) is 11.4 Å². The van der Waals surface area contributed by atoms with Crippen LogP contribution in [-0.4, -0.2) is 39.5 Å². The van der Waals surface area contributed by atoms with Crippen LogP contribution < -0.4 is 26.4 Å². The minimum atomic E-state index is -0.839. The van der Waals surface area contributed by atoms with Gasteiger partial charge in [0.25, 0.3) is 5.91 Å². The van der Waals surface area contributed by atoms with E-state index in [-0.39, 0.29) is 36.0 Å². The molecule has 0 atom stereocenters. The van der Waals surface area contributed by atoms with Crippen molar-refractivity contribution < 1.29 is 33.0 Å². The third kappa shape index (κ3) is 8.84. The van der Waals surface area contributed by atoms with Crippen LogP contribution in [0.3, 0.4) is 0 Å². The predicted molar refractivity (Wildman–Crippen MR) is 156 cm³/mol. The number of carboxylic acids is 1. The summed E-state index contributed by atoms with van der Waals surface area (Å²) in [6.45, 7) is 0.589. The van der Waals surface area contributed by atoms with E-state index in [4.69, 9.17) is 15.6 Å². The highest BCUT2D eigenvalue weighted by Gasteiger charge is 2.13. The number of aromatic nitrogens is 2. The molecule has 4 rings (SSSR count). The number of anilines is 2. The van der Waals surface area contributed by atoms with Gasteiger partial charge in [0.2, 0.25) is 0 Å². The Hall–Kier alpha value is -5.30. The molecule has 2 aromatic heterocycles. The van der Waals surface area contributed by atoms with Crippen LogP contribution in [0.1, 0.15) is 41.6 Å². The maximum absolute atomic E-state index is 14.8. The monoisotopic (exact) mass is 592 g/mol. The Morgan fingerprint density at radius 3 is 2.47 bits per heavy atom. The molecule has 0 aliphatic carbocycles. The van der Waals surface area contributed by atoms with Gasteiger partial charge in [-0.1, -0.05) is 12.5 Å². The van der Waals surface area contributed by atoms with Crippen LogP contribution in [0.2, 0.25) is 0 Å². The molecule has 0 bridgehead atoms. The Morgan fingerprint density at radius 1 is 0.907 bits per heavy atom. The van der Waals surface area contributed by atoms with Gasteiger partial charge in [0.15, 0.2) is 0 Å². The van der Waals surface area contributed by atoms with Crippen molar-refractivity contribution >= 4 is 29.3 Å². The van der Waals surface area contributed by atoms with Gasteiger partial charge in [0, 0.05) is 44.0 Å². The van der Waals surface area contributed by atoms with Crippen molar-refractivity contribution in [2.24, 2.45) is 5.73 Å². The number of H-pyrrole nitrogens is 1. The van der Waals surface area contributed by atoms with Crippen molar-refractivity contribution in [3.05, 3.63) is 89.8 Å². The van der Waals surface area contributed by atoms with Crippen LogP contribution in [0, 0.1) is 11.6 Å². The topological polar surface area (TPSA) is 171 Å². The van der Waals surface area contributed by atoms with Gasteiger partial charge < -0.3 is 36.5 Å². The lowest BCUT2D eigenvalue weighted by Gasteiger charge is -2.12. The zero-order chi connectivity index (χ0) is 30.8. The number of nitrogens with two attached hydrogens (primary N) is 1. The fraction of sp³-hybridized carbons (Fsp3) is 0.200. The second-order valence-corrected chi connectivity index (χ2v) is 9.48. The first-order valence-electron chi connectivity index (χ1n) is 13.4. The van der Waals surface area contributed by atoms with Crippen molar-refractivity contribution in [3.63, 3.8) is 0 Å². The third-order valence-electron chi connectivity index (χ3n) is 6.24. The lowest BCUT2D eigenvalue weighted by atomic mass is 10.2. The lowest BCUT2D eigenvalue weighted by molar-refractivity contribution is -0.137. The van der Waals surface area contributed by atoms with Gasteiger partial charge in [0.05, 0.1) is 28.3 Å². The summed E-state index contributed by atoms with van der Waals surface area (Å²) in [5, 5.41) is 16.1. The van der Waals surface area contributed by atoms with Gasteiger partial charge in [-0.25, -0.2) is 13.6 Å². The largest absolute Gasteiger partial charge is 0.481 e. The highest BCUT2D eigenvalue weighted by molar-refractivity contribution is 6.00. The summed E-state index contributed by atoms with van der Waals surface area (Å²) in [7, 11) is 0. The number of hydrogen-bond donors (Lipinski definition) is 6. The van der Waals surface area contributed by atoms with E-state index in [2.05, 4.69) is 25.9 Å². The third-order valence-corrected chi connectivity index (χ3v) is 6.24. The number of benzene rings is 2. The van der Waals surface area contributed by atoms with Crippen LogP contribution >= 0.6 is 0 Å². The van der Waals surface area contributed by atoms with Gasteiger partial charge in [-0.3, -0.25) is 14.6 Å². The van der Waals surface area contributed by atoms with Crippen LogP contribution in [0.15, 0.2) is 67.0 Å². The van der Waals surface area contributed by atoms with E-state index in [1.807, 2.05) is 0 Å². The second-order valence-electron chi connectivity index (χ2n) is 9.48. The molecule has 0 aliphatic heterocycles. The molecule has 2 heterocycles. The number of rotatable bonds is 13. The summed E-state index contributed by atoms with van der Waals surface area (Å²) in [4.78, 5) is 42.6. The maximum atomic E-state index is 14.8. The molecule has 0 saturated carbocycles. The molecule has 4 aromatic rings. The summed E-state index contributed by atoms with van der Waals surface area (Å²) < 4.78 is 34.5. The average Bonchev–Trinajstić information content (AvgIpc) is 3.48. The van der Waals surface area contributed by atoms with Gasteiger partial charge in [-0.15, -0.1) is 0 Å². The molecular weight excluding hydrogens is 562 g/mol. The number of pyridine rings is 1. The first kappa shape index (κ1) is 30.7. The number of aliphatic carboxylic acids is 1. The number of urea groups is 1. The number of hydrogen-bond acceptors (Lipinski definition) is 6. The molecule has 11 nitrogen and oxygen atoms in total. The number of aromatic amines is 1. The van der Waals surface area contributed by atoms with E-state index in [0.717, 1.165) is 6.07 Å². The minimum Gasteiger partial charge on any atom is -0.481 e. The fourth-order valence-electron chi connectivity index (χ4n) is 4.05. The number of nitrogens with one attached hydrogen (secondary N) is 4. The molecule has 224 valence electrons. The zero-order valence-corrected chi connectivity index (χ0v) is 23.0. The molecule has 0 fully saturated rings. The molecular formula is C30H30F2N6O5. The van der Waals surface area contributed by atoms with Gasteiger partial charge in [0.1, 0.15) is 23.1 Å². The number of ether oxygens (including phenoxy) is 1.